The molecule has 0 spiro atoms. The van der Waals surface area contributed by atoms with Gasteiger partial charge in [0.25, 0.3) is 0 Å². The number of methoxy groups -OCH3 is 2. The maximum Gasteiger partial charge on any atom is 0.356 e. The number of fused-ring (bicyclic) bond motifs is 1. The molecule has 0 aliphatic heterocycles. The summed E-state index contributed by atoms with van der Waals surface area (Å²) in [5.41, 5.74) is 0.525. The number of nitrogens with zero attached hydrogens (tertiary/aromatic N) is 1. The maximum absolute atomic E-state index is 11.6. The van der Waals surface area contributed by atoms with Crippen LogP contribution in [0, 0.1) is 0 Å². The number of hydrogen-bond donors (Lipinski definition) is 0. The molecule has 0 amide bonds. The lowest BCUT2D eigenvalue weighted by atomic mass is 10.2. The normalized spacial score (nSPS) is 10.2. The van der Waals surface area contributed by atoms with Crippen molar-refractivity contribution in [1.29, 1.82) is 0 Å². The molecule has 0 bridgehead atoms. The molecule has 0 unspecified atom stereocenters. The van der Waals surface area contributed by atoms with Gasteiger partial charge in [-0.25, -0.2) is 14.6 Å². The van der Waals surface area contributed by atoms with Crippen LogP contribution in [-0.2, 0) is 14.3 Å². The molecule has 1 heterocycles. The van der Waals surface area contributed by atoms with Gasteiger partial charge in [-0.15, -0.1) is 0 Å². The Bertz CT molecular complexity index is 701. The maximum atomic E-state index is 11.6. The largest absolute Gasteiger partial charge is 0.481 e. The average Bonchev–Trinajstić information content (AvgIpc) is 2.51. The minimum absolute atomic E-state index is 0.0622. The van der Waals surface area contributed by atoms with Crippen molar-refractivity contribution >= 4 is 34.4 Å². The first-order valence-corrected chi connectivity index (χ1v) is 6.31. The van der Waals surface area contributed by atoms with E-state index in [9.17, 15) is 9.59 Å². The van der Waals surface area contributed by atoms with Crippen LogP contribution in [0.15, 0.2) is 24.3 Å². The smallest absolute Gasteiger partial charge is 0.356 e. The van der Waals surface area contributed by atoms with Crippen molar-refractivity contribution in [2.24, 2.45) is 0 Å². The molecule has 21 heavy (non-hydrogen) atoms. The summed E-state index contributed by atoms with van der Waals surface area (Å²) in [6.07, 6.45) is 0. The quantitative estimate of drug-likeness (QED) is 0.806. The van der Waals surface area contributed by atoms with Gasteiger partial charge in [-0.3, -0.25) is 0 Å². The molecule has 7 heteroatoms. The Kier molecular flexibility index (Phi) is 4.59. The molecule has 2 rings (SSSR count). The minimum atomic E-state index is -0.611. The fraction of sp³-hybridized carbons (Fsp3) is 0.214. The van der Waals surface area contributed by atoms with Crippen LogP contribution in [0.4, 0.5) is 0 Å². The molecule has 0 radical (unpaired) electrons. The van der Waals surface area contributed by atoms with Gasteiger partial charge in [0.15, 0.2) is 12.3 Å². The van der Waals surface area contributed by atoms with Gasteiger partial charge in [-0.1, -0.05) is 17.7 Å². The van der Waals surface area contributed by atoms with Crippen LogP contribution >= 0.6 is 11.6 Å². The number of ether oxygens (including phenoxy) is 3. The molecule has 1 aromatic heterocycles. The summed E-state index contributed by atoms with van der Waals surface area (Å²) >= 11 is 6.12. The number of esters is 2. The molecule has 0 saturated carbocycles. The molecule has 0 atom stereocenters. The highest BCUT2D eigenvalue weighted by atomic mass is 35.5. The highest BCUT2D eigenvalue weighted by Gasteiger charge is 2.16. The predicted octanol–water partition coefficient (Wildman–Crippen LogP) is 2.23. The molecule has 0 fully saturated rings. The van der Waals surface area contributed by atoms with Crippen LogP contribution in [0.1, 0.15) is 10.5 Å². The van der Waals surface area contributed by atoms with Gasteiger partial charge in [0.05, 0.1) is 30.1 Å². The Morgan fingerprint density at radius 2 is 2.00 bits per heavy atom. The van der Waals surface area contributed by atoms with E-state index < -0.39 is 11.9 Å². The van der Waals surface area contributed by atoms with Crippen molar-refractivity contribution < 1.29 is 23.8 Å². The SMILES string of the molecule is COC(=O)COc1cc(C(=O)OC)nc2cccc(Cl)c12. The first-order chi connectivity index (χ1) is 10.1. The minimum Gasteiger partial charge on any atom is -0.481 e. The zero-order valence-electron chi connectivity index (χ0n) is 11.4. The Morgan fingerprint density at radius 1 is 1.24 bits per heavy atom. The van der Waals surface area contributed by atoms with Crippen molar-refractivity contribution in [3.63, 3.8) is 0 Å². The number of carbonyl (C=O) groups is 2. The Hall–Kier alpha value is -2.34. The summed E-state index contributed by atoms with van der Waals surface area (Å²) in [5.74, 6) is -0.900. The van der Waals surface area contributed by atoms with E-state index in [1.807, 2.05) is 0 Å². The second-order valence-electron chi connectivity index (χ2n) is 4.00. The van der Waals surface area contributed by atoms with Crippen LogP contribution in [0.3, 0.4) is 0 Å². The van der Waals surface area contributed by atoms with E-state index in [1.165, 1.54) is 20.3 Å². The second kappa shape index (κ2) is 6.41. The van der Waals surface area contributed by atoms with Gasteiger partial charge in [0, 0.05) is 6.07 Å². The van der Waals surface area contributed by atoms with E-state index in [1.54, 1.807) is 18.2 Å². The van der Waals surface area contributed by atoms with Gasteiger partial charge >= 0.3 is 11.9 Å². The highest BCUT2D eigenvalue weighted by molar-refractivity contribution is 6.36. The summed E-state index contributed by atoms with van der Waals surface area (Å²) in [4.78, 5) is 27.0. The average molecular weight is 310 g/mol. The summed E-state index contributed by atoms with van der Waals surface area (Å²) < 4.78 is 14.5. The zero-order chi connectivity index (χ0) is 15.4. The number of pyridine rings is 1. The lowest BCUT2D eigenvalue weighted by Crippen LogP contribution is -2.13. The standard InChI is InChI=1S/C14H12ClNO5/c1-19-12(17)7-21-11-6-10(14(18)20-2)16-9-5-3-4-8(15)13(9)11/h3-6H,7H2,1-2H3. The molecule has 6 nitrogen and oxygen atoms in total. The third-order valence-electron chi connectivity index (χ3n) is 2.71. The van der Waals surface area contributed by atoms with E-state index in [-0.39, 0.29) is 18.1 Å². The van der Waals surface area contributed by atoms with Crippen LogP contribution in [0.25, 0.3) is 10.9 Å². The van der Waals surface area contributed by atoms with E-state index in [0.717, 1.165) is 0 Å². The summed E-state index contributed by atoms with van der Waals surface area (Å²) in [7, 11) is 2.50. The van der Waals surface area contributed by atoms with Gasteiger partial charge < -0.3 is 14.2 Å². The lowest BCUT2D eigenvalue weighted by molar-refractivity contribution is -0.142. The van der Waals surface area contributed by atoms with Crippen LogP contribution < -0.4 is 4.74 Å². The Balaban J connectivity index is 2.53. The van der Waals surface area contributed by atoms with Gasteiger partial charge in [0.1, 0.15) is 5.75 Å². The highest BCUT2D eigenvalue weighted by Crippen LogP contribution is 2.32. The molecule has 0 aliphatic rings. The van der Waals surface area contributed by atoms with Crippen molar-refractivity contribution in [2.75, 3.05) is 20.8 Å². The van der Waals surface area contributed by atoms with Gasteiger partial charge in [-0.05, 0) is 12.1 Å². The van der Waals surface area contributed by atoms with E-state index in [4.69, 9.17) is 16.3 Å². The monoisotopic (exact) mass is 309 g/mol. The van der Waals surface area contributed by atoms with Crippen LogP contribution in [0.2, 0.25) is 5.02 Å². The van der Waals surface area contributed by atoms with Crippen molar-refractivity contribution in [3.05, 3.63) is 35.0 Å². The molecule has 1 aromatic carbocycles. The second-order valence-corrected chi connectivity index (χ2v) is 4.40. The van der Waals surface area contributed by atoms with E-state index >= 15 is 0 Å². The number of benzene rings is 1. The number of hydrogen-bond acceptors (Lipinski definition) is 6. The van der Waals surface area contributed by atoms with Gasteiger partial charge in [-0.2, -0.15) is 0 Å². The van der Waals surface area contributed by atoms with Crippen molar-refractivity contribution in [1.82, 2.24) is 4.98 Å². The third kappa shape index (κ3) is 3.22. The lowest BCUT2D eigenvalue weighted by Gasteiger charge is -2.11. The fourth-order valence-electron chi connectivity index (χ4n) is 1.73. The molecule has 0 aliphatic carbocycles. The summed E-state index contributed by atoms with van der Waals surface area (Å²) in [6, 6.07) is 6.42. The van der Waals surface area contributed by atoms with Crippen LogP contribution in [-0.4, -0.2) is 37.7 Å². The van der Waals surface area contributed by atoms with E-state index in [2.05, 4.69) is 14.5 Å². The van der Waals surface area contributed by atoms with Crippen LogP contribution in [0.5, 0.6) is 5.75 Å². The predicted molar refractivity (Wildman–Crippen MR) is 75.6 cm³/mol. The number of carbonyl (C=O) groups excluding carboxylic acids is 2. The number of rotatable bonds is 4. The molecular formula is C14H12ClNO5. The number of aromatic nitrogens is 1. The molecule has 2 aromatic rings. The zero-order valence-corrected chi connectivity index (χ0v) is 12.1. The summed E-state index contributed by atoms with van der Waals surface area (Å²) in [5, 5.41) is 0.909. The fourth-order valence-corrected chi connectivity index (χ4v) is 1.99. The molecule has 0 saturated heterocycles. The first kappa shape index (κ1) is 15.1. The number of halogens is 1. The van der Waals surface area contributed by atoms with E-state index in [0.29, 0.717) is 15.9 Å². The molecule has 0 N–H and O–H groups in total. The Labute approximate surface area is 125 Å². The first-order valence-electron chi connectivity index (χ1n) is 5.94. The van der Waals surface area contributed by atoms with Crippen molar-refractivity contribution in [3.8, 4) is 5.75 Å². The Morgan fingerprint density at radius 3 is 2.67 bits per heavy atom. The topological polar surface area (TPSA) is 74.7 Å². The third-order valence-corrected chi connectivity index (χ3v) is 3.03. The molecule has 110 valence electrons. The molecular weight excluding hydrogens is 298 g/mol. The van der Waals surface area contributed by atoms with Crippen molar-refractivity contribution in [2.45, 2.75) is 0 Å². The summed E-state index contributed by atoms with van der Waals surface area (Å²) in [6.45, 7) is -0.304. The van der Waals surface area contributed by atoms with Gasteiger partial charge in [0.2, 0.25) is 0 Å².